The van der Waals surface area contributed by atoms with E-state index in [2.05, 4.69) is 21.8 Å². The summed E-state index contributed by atoms with van der Waals surface area (Å²) in [5.74, 6) is -0.345. The highest BCUT2D eigenvalue weighted by Gasteiger charge is 2.25. The summed E-state index contributed by atoms with van der Waals surface area (Å²) < 4.78 is 4.62. The van der Waals surface area contributed by atoms with Crippen LogP contribution in [0.4, 0.5) is 0 Å². The molecule has 3 nitrogen and oxygen atoms in total. The number of halogens is 2. The van der Waals surface area contributed by atoms with Crippen molar-refractivity contribution >= 4 is 35.2 Å². The molecule has 0 radical (unpaired) electrons. The van der Waals surface area contributed by atoms with E-state index in [1.54, 1.807) is 12.1 Å². The fourth-order valence-electron chi connectivity index (χ4n) is 3.52. The second-order valence-corrected chi connectivity index (χ2v) is 7.55. The van der Waals surface area contributed by atoms with E-state index in [4.69, 9.17) is 23.2 Å². The Morgan fingerprint density at radius 3 is 2.70 bits per heavy atom. The number of esters is 1. The summed E-state index contributed by atoms with van der Waals surface area (Å²) in [6, 6.07) is 14.5. The van der Waals surface area contributed by atoms with E-state index >= 15 is 0 Å². The summed E-state index contributed by atoms with van der Waals surface area (Å²) in [7, 11) is 1.38. The van der Waals surface area contributed by atoms with Crippen LogP contribution in [-0.2, 0) is 16.0 Å². The first-order valence-electron chi connectivity index (χ1n) is 9.11. The van der Waals surface area contributed by atoms with Crippen LogP contribution in [0.25, 0.3) is 6.08 Å². The minimum Gasteiger partial charge on any atom is -0.466 e. The van der Waals surface area contributed by atoms with Gasteiger partial charge in [-0.3, -0.25) is 4.90 Å². The molecular weight excluding hydrogens is 381 g/mol. The zero-order chi connectivity index (χ0) is 19.2. The van der Waals surface area contributed by atoms with Crippen molar-refractivity contribution in [1.29, 1.82) is 0 Å². The van der Waals surface area contributed by atoms with Gasteiger partial charge in [0.2, 0.25) is 0 Å². The Bertz CT molecular complexity index is 818. The van der Waals surface area contributed by atoms with Crippen LogP contribution in [0.15, 0.2) is 48.5 Å². The number of rotatable bonds is 6. The van der Waals surface area contributed by atoms with Crippen LogP contribution in [0.3, 0.4) is 0 Å². The van der Waals surface area contributed by atoms with E-state index in [0.29, 0.717) is 11.1 Å². The molecular formula is C22H23Cl2NO2. The van der Waals surface area contributed by atoms with Crippen LogP contribution >= 0.6 is 23.2 Å². The fourth-order valence-corrected chi connectivity index (χ4v) is 4.02. The van der Waals surface area contributed by atoms with Crippen molar-refractivity contribution in [2.75, 3.05) is 20.2 Å². The van der Waals surface area contributed by atoms with Crippen molar-refractivity contribution in [1.82, 2.24) is 4.90 Å². The van der Waals surface area contributed by atoms with Gasteiger partial charge in [-0.2, -0.15) is 0 Å². The Morgan fingerprint density at radius 2 is 2.00 bits per heavy atom. The third kappa shape index (κ3) is 5.35. The first-order valence-corrected chi connectivity index (χ1v) is 9.86. The van der Waals surface area contributed by atoms with Gasteiger partial charge >= 0.3 is 5.97 Å². The lowest BCUT2D eigenvalue weighted by Gasteiger charge is -2.25. The van der Waals surface area contributed by atoms with Crippen molar-refractivity contribution in [2.24, 2.45) is 0 Å². The van der Waals surface area contributed by atoms with Gasteiger partial charge in [-0.05, 0) is 60.7 Å². The fraction of sp³-hybridized carbons (Fsp3) is 0.318. The molecule has 1 heterocycles. The largest absolute Gasteiger partial charge is 0.466 e. The summed E-state index contributed by atoms with van der Waals surface area (Å²) in [6.07, 6.45) is 6.47. The summed E-state index contributed by atoms with van der Waals surface area (Å²) in [4.78, 5) is 13.7. The topological polar surface area (TPSA) is 29.5 Å². The predicted molar refractivity (Wildman–Crippen MR) is 111 cm³/mol. The maximum absolute atomic E-state index is 11.2. The highest BCUT2D eigenvalue weighted by Crippen LogP contribution is 2.32. The molecule has 0 saturated carbocycles. The molecule has 0 aliphatic carbocycles. The number of benzene rings is 2. The monoisotopic (exact) mass is 403 g/mol. The molecule has 27 heavy (non-hydrogen) atoms. The number of carbonyl (C=O) groups excluding carboxylic acids is 1. The van der Waals surface area contributed by atoms with E-state index in [9.17, 15) is 4.79 Å². The molecule has 1 aliphatic rings. The molecule has 1 atom stereocenters. The highest BCUT2D eigenvalue weighted by molar-refractivity contribution is 6.35. The Hall–Kier alpha value is -1.81. The minimum absolute atomic E-state index is 0.345. The van der Waals surface area contributed by atoms with Crippen LogP contribution in [0, 0.1) is 0 Å². The molecule has 0 N–H and O–H groups in total. The summed E-state index contributed by atoms with van der Waals surface area (Å²) in [5, 5.41) is 1.41. The highest BCUT2D eigenvalue weighted by atomic mass is 35.5. The molecule has 0 bridgehead atoms. The van der Waals surface area contributed by atoms with Crippen LogP contribution < -0.4 is 0 Å². The van der Waals surface area contributed by atoms with Gasteiger partial charge in [-0.25, -0.2) is 4.79 Å². The number of hydrogen-bond acceptors (Lipinski definition) is 3. The van der Waals surface area contributed by atoms with Gasteiger partial charge in [0.25, 0.3) is 0 Å². The number of ether oxygens (including phenoxy) is 1. The number of likely N-dealkylation sites (tertiary alicyclic amines) is 1. The molecule has 2 aromatic rings. The predicted octanol–water partition coefficient (Wildman–Crippen LogP) is 5.56. The van der Waals surface area contributed by atoms with Crippen LogP contribution in [0.2, 0.25) is 10.0 Å². The summed E-state index contributed by atoms with van der Waals surface area (Å²) in [6.45, 7) is 2.07. The number of methoxy groups -OCH3 is 1. The van der Waals surface area contributed by atoms with Crippen molar-refractivity contribution in [2.45, 2.75) is 25.3 Å². The van der Waals surface area contributed by atoms with Gasteiger partial charge in [0.15, 0.2) is 0 Å². The van der Waals surface area contributed by atoms with Gasteiger partial charge in [0.05, 0.1) is 7.11 Å². The molecule has 0 amide bonds. The zero-order valence-corrected chi connectivity index (χ0v) is 16.8. The minimum atomic E-state index is -0.345. The SMILES string of the molecule is COC(=O)C=Cc1ccc(C2CCCN2CCc2ccc(Cl)cc2Cl)cc1. The Labute approximate surface area is 170 Å². The molecule has 1 saturated heterocycles. The Morgan fingerprint density at radius 1 is 1.22 bits per heavy atom. The quantitative estimate of drug-likeness (QED) is 0.466. The molecule has 1 fully saturated rings. The molecule has 2 aromatic carbocycles. The molecule has 0 spiro atoms. The second kappa shape index (κ2) is 9.41. The lowest BCUT2D eigenvalue weighted by Crippen LogP contribution is -2.25. The first-order chi connectivity index (χ1) is 13.1. The average Bonchev–Trinajstić information content (AvgIpc) is 3.14. The second-order valence-electron chi connectivity index (χ2n) is 6.70. The summed E-state index contributed by atoms with van der Waals surface area (Å²) >= 11 is 12.3. The zero-order valence-electron chi connectivity index (χ0n) is 15.3. The van der Waals surface area contributed by atoms with Gasteiger partial charge < -0.3 is 4.74 Å². The molecule has 142 valence electrons. The van der Waals surface area contributed by atoms with E-state index < -0.39 is 0 Å². The van der Waals surface area contributed by atoms with Crippen molar-refractivity contribution < 1.29 is 9.53 Å². The van der Waals surface area contributed by atoms with E-state index in [0.717, 1.165) is 42.1 Å². The van der Waals surface area contributed by atoms with Crippen molar-refractivity contribution in [3.05, 3.63) is 75.3 Å². The Kier molecular flexibility index (Phi) is 6.95. The van der Waals surface area contributed by atoms with Crippen LogP contribution in [0.5, 0.6) is 0 Å². The molecule has 1 aliphatic heterocycles. The van der Waals surface area contributed by atoms with E-state index in [1.165, 1.54) is 25.2 Å². The molecule has 1 unspecified atom stereocenters. The van der Waals surface area contributed by atoms with Gasteiger partial charge in [-0.15, -0.1) is 0 Å². The molecule has 3 rings (SSSR count). The Balaban J connectivity index is 1.63. The molecule has 0 aromatic heterocycles. The van der Waals surface area contributed by atoms with E-state index in [1.807, 2.05) is 24.3 Å². The normalized spacial score (nSPS) is 17.5. The molecule has 5 heteroatoms. The van der Waals surface area contributed by atoms with Crippen LogP contribution in [0.1, 0.15) is 35.6 Å². The average molecular weight is 404 g/mol. The van der Waals surface area contributed by atoms with Crippen LogP contribution in [-0.4, -0.2) is 31.1 Å². The van der Waals surface area contributed by atoms with Crippen molar-refractivity contribution in [3.8, 4) is 0 Å². The lowest BCUT2D eigenvalue weighted by atomic mass is 10.0. The maximum Gasteiger partial charge on any atom is 0.330 e. The van der Waals surface area contributed by atoms with Gasteiger partial charge in [0.1, 0.15) is 0 Å². The third-order valence-electron chi connectivity index (χ3n) is 4.98. The summed E-state index contributed by atoms with van der Waals surface area (Å²) in [5.41, 5.74) is 3.43. The number of hydrogen-bond donors (Lipinski definition) is 0. The van der Waals surface area contributed by atoms with Crippen molar-refractivity contribution in [3.63, 3.8) is 0 Å². The third-order valence-corrected chi connectivity index (χ3v) is 5.57. The number of nitrogens with zero attached hydrogens (tertiary/aromatic N) is 1. The maximum atomic E-state index is 11.2. The lowest BCUT2D eigenvalue weighted by molar-refractivity contribution is -0.134. The standard InChI is InChI=1S/C22H23Cl2NO2/c1-27-22(26)11-6-16-4-7-18(8-5-16)21-3-2-13-25(21)14-12-17-9-10-19(23)15-20(17)24/h4-11,15,21H,2-3,12-14H2,1H3. The smallest absolute Gasteiger partial charge is 0.330 e. The van der Waals surface area contributed by atoms with Gasteiger partial charge in [-0.1, -0.05) is 53.5 Å². The van der Waals surface area contributed by atoms with E-state index in [-0.39, 0.29) is 5.97 Å². The van der Waals surface area contributed by atoms with Gasteiger partial charge in [0, 0.05) is 28.7 Å². The first kappa shape index (κ1) is 19.9. The number of carbonyl (C=O) groups is 1.